The van der Waals surface area contributed by atoms with Gasteiger partial charge in [0.05, 0.1) is 24.6 Å². The second-order valence-corrected chi connectivity index (χ2v) is 6.95. The van der Waals surface area contributed by atoms with Gasteiger partial charge >= 0.3 is 0 Å². The molecule has 0 bridgehead atoms. The Kier molecular flexibility index (Phi) is 10.8. The average molecular weight is 383 g/mol. The molecular weight excluding hydrogens is 348 g/mol. The number of rotatable bonds is 14. The first-order valence-electron chi connectivity index (χ1n) is 10.7. The minimum absolute atomic E-state index is 0.677. The summed E-state index contributed by atoms with van der Waals surface area (Å²) in [5.74, 6) is 1.35. The van der Waals surface area contributed by atoms with Crippen molar-refractivity contribution in [2.75, 3.05) is 13.2 Å². The molecule has 0 unspecified atom stereocenters. The molecule has 2 aromatic rings. The average Bonchev–Trinajstić information content (AvgIpc) is 2.73. The number of nitrogens with zero attached hydrogens (tertiary/aromatic N) is 2. The summed E-state index contributed by atoms with van der Waals surface area (Å²) in [6.07, 6.45) is 13.5. The molecule has 0 N–H and O–H groups in total. The maximum atomic E-state index is 5.76. The van der Waals surface area contributed by atoms with Gasteiger partial charge in [-0.2, -0.15) is 0 Å². The van der Waals surface area contributed by atoms with Gasteiger partial charge in [-0.25, -0.2) is 9.97 Å². The van der Waals surface area contributed by atoms with Gasteiger partial charge in [0.2, 0.25) is 11.8 Å². The molecule has 0 saturated carbocycles. The molecule has 0 saturated heterocycles. The number of hydrogen-bond donors (Lipinski definition) is 0. The van der Waals surface area contributed by atoms with E-state index in [2.05, 4.69) is 23.8 Å². The van der Waals surface area contributed by atoms with Crippen LogP contribution < -0.4 is 9.47 Å². The Hall–Kier alpha value is -2.36. The highest BCUT2D eigenvalue weighted by Crippen LogP contribution is 2.14. The number of hydrogen-bond acceptors (Lipinski definition) is 4. The maximum Gasteiger partial charge on any atom is 0.213 e. The summed E-state index contributed by atoms with van der Waals surface area (Å²) >= 11 is 0. The summed E-state index contributed by atoms with van der Waals surface area (Å²) < 4.78 is 11.5. The van der Waals surface area contributed by atoms with Crippen molar-refractivity contribution in [3.8, 4) is 11.8 Å². The molecule has 0 aliphatic rings. The molecule has 2 rings (SSSR count). The molecule has 0 aliphatic carbocycles. The van der Waals surface area contributed by atoms with E-state index < -0.39 is 0 Å². The molecule has 4 heteroatoms. The van der Waals surface area contributed by atoms with Crippen molar-refractivity contribution < 1.29 is 9.47 Å². The first-order chi connectivity index (χ1) is 13.8. The summed E-state index contributed by atoms with van der Waals surface area (Å²) in [5, 5.41) is 0. The third kappa shape index (κ3) is 9.03. The third-order valence-corrected chi connectivity index (χ3v) is 4.41. The van der Waals surface area contributed by atoms with Crippen molar-refractivity contribution in [3.63, 3.8) is 0 Å². The molecule has 2 heterocycles. The van der Waals surface area contributed by atoms with Crippen molar-refractivity contribution in [3.05, 3.63) is 47.8 Å². The normalized spacial score (nSPS) is 11.1. The predicted molar refractivity (Wildman–Crippen MR) is 117 cm³/mol. The lowest BCUT2D eigenvalue weighted by molar-refractivity contribution is 0.293. The van der Waals surface area contributed by atoms with Crippen LogP contribution in [0, 0.1) is 0 Å². The van der Waals surface area contributed by atoms with E-state index in [0.29, 0.717) is 11.8 Å². The third-order valence-electron chi connectivity index (χ3n) is 4.41. The van der Waals surface area contributed by atoms with E-state index in [4.69, 9.17) is 9.47 Å². The fourth-order valence-electron chi connectivity index (χ4n) is 2.79. The summed E-state index contributed by atoms with van der Waals surface area (Å²) in [6, 6.07) is 11.7. The topological polar surface area (TPSA) is 44.2 Å². The van der Waals surface area contributed by atoms with Crippen molar-refractivity contribution in [2.45, 2.75) is 65.2 Å². The highest BCUT2D eigenvalue weighted by molar-refractivity contribution is 5.66. The molecule has 4 nitrogen and oxygen atoms in total. The maximum absolute atomic E-state index is 5.76. The van der Waals surface area contributed by atoms with E-state index in [9.17, 15) is 0 Å². The van der Waals surface area contributed by atoms with Gasteiger partial charge in [0, 0.05) is 12.1 Å². The number of ether oxygens (including phenoxy) is 2. The highest BCUT2D eigenvalue weighted by Gasteiger charge is 1.99. The monoisotopic (exact) mass is 382 g/mol. The highest BCUT2D eigenvalue weighted by atomic mass is 16.5. The number of unbranched alkanes of at least 4 members (excludes halogenated alkanes) is 6. The summed E-state index contributed by atoms with van der Waals surface area (Å²) in [5.41, 5.74) is 1.72. The smallest absolute Gasteiger partial charge is 0.213 e. The minimum Gasteiger partial charge on any atom is -0.478 e. The van der Waals surface area contributed by atoms with Crippen LogP contribution in [-0.2, 0) is 0 Å². The summed E-state index contributed by atoms with van der Waals surface area (Å²) in [4.78, 5) is 9.08. The Bertz CT molecular complexity index is 641. The van der Waals surface area contributed by atoms with Gasteiger partial charge in [0.15, 0.2) is 0 Å². The Morgan fingerprint density at radius 2 is 1.11 bits per heavy atom. The van der Waals surface area contributed by atoms with Crippen LogP contribution in [0.15, 0.2) is 36.4 Å². The molecular formula is C24H34N2O2. The van der Waals surface area contributed by atoms with E-state index in [1.807, 2.05) is 48.6 Å². The molecule has 28 heavy (non-hydrogen) atoms. The second kappa shape index (κ2) is 13.8. The first-order valence-corrected chi connectivity index (χ1v) is 10.7. The molecule has 2 aromatic heterocycles. The van der Waals surface area contributed by atoms with Crippen LogP contribution in [-0.4, -0.2) is 23.2 Å². The number of aromatic nitrogens is 2. The van der Waals surface area contributed by atoms with Crippen molar-refractivity contribution in [2.24, 2.45) is 0 Å². The van der Waals surface area contributed by atoms with Gasteiger partial charge in [-0.15, -0.1) is 0 Å². The van der Waals surface area contributed by atoms with E-state index in [-0.39, 0.29) is 0 Å². The fourth-order valence-corrected chi connectivity index (χ4v) is 2.79. The van der Waals surface area contributed by atoms with Crippen LogP contribution in [0.4, 0.5) is 0 Å². The minimum atomic E-state index is 0.677. The molecule has 0 aliphatic heterocycles. The SMILES string of the molecule is CCCCCCOc1cccc(/C=C/c2cccc(OCCCCCC)n2)n1. The van der Waals surface area contributed by atoms with E-state index >= 15 is 0 Å². The van der Waals surface area contributed by atoms with E-state index in [1.54, 1.807) is 0 Å². The molecule has 0 spiro atoms. The summed E-state index contributed by atoms with van der Waals surface area (Å²) in [6.45, 7) is 5.86. The van der Waals surface area contributed by atoms with Gasteiger partial charge in [0.25, 0.3) is 0 Å². The largest absolute Gasteiger partial charge is 0.478 e. The first kappa shape index (κ1) is 21.9. The molecule has 0 amide bonds. The molecule has 0 aromatic carbocycles. The van der Waals surface area contributed by atoms with Crippen LogP contribution in [0.1, 0.15) is 76.6 Å². The second-order valence-electron chi connectivity index (χ2n) is 6.95. The van der Waals surface area contributed by atoms with Gasteiger partial charge in [-0.05, 0) is 37.1 Å². The van der Waals surface area contributed by atoms with Crippen LogP contribution in [0.3, 0.4) is 0 Å². The van der Waals surface area contributed by atoms with Crippen molar-refractivity contribution in [1.29, 1.82) is 0 Å². The standard InChI is InChI=1S/C24H34N2O2/c1-3-5-7-9-19-27-23-15-11-13-21(25-23)17-18-22-14-12-16-24(26-22)28-20-10-8-6-4-2/h11-18H,3-10,19-20H2,1-2H3/b18-17+. The Balaban J connectivity index is 1.84. The van der Waals surface area contributed by atoms with E-state index in [0.717, 1.165) is 37.4 Å². The Morgan fingerprint density at radius 1 is 0.643 bits per heavy atom. The van der Waals surface area contributed by atoms with Crippen LogP contribution in [0.2, 0.25) is 0 Å². The fraction of sp³-hybridized carbons (Fsp3) is 0.500. The number of pyridine rings is 2. The zero-order valence-electron chi connectivity index (χ0n) is 17.4. The Morgan fingerprint density at radius 3 is 1.54 bits per heavy atom. The molecule has 0 fully saturated rings. The quantitative estimate of drug-likeness (QED) is 0.347. The lowest BCUT2D eigenvalue weighted by atomic mass is 10.2. The molecule has 152 valence electrons. The van der Waals surface area contributed by atoms with Crippen LogP contribution in [0.5, 0.6) is 11.8 Å². The molecule has 0 radical (unpaired) electrons. The zero-order valence-corrected chi connectivity index (χ0v) is 17.4. The van der Waals surface area contributed by atoms with Crippen molar-refractivity contribution in [1.82, 2.24) is 9.97 Å². The zero-order chi connectivity index (χ0) is 19.9. The van der Waals surface area contributed by atoms with Gasteiger partial charge in [0.1, 0.15) is 0 Å². The lowest BCUT2D eigenvalue weighted by Crippen LogP contribution is -2.00. The van der Waals surface area contributed by atoms with Crippen molar-refractivity contribution >= 4 is 12.2 Å². The van der Waals surface area contributed by atoms with Crippen LogP contribution >= 0.6 is 0 Å². The lowest BCUT2D eigenvalue weighted by Gasteiger charge is -2.06. The van der Waals surface area contributed by atoms with Gasteiger partial charge in [-0.3, -0.25) is 0 Å². The molecule has 0 atom stereocenters. The predicted octanol–water partition coefficient (Wildman–Crippen LogP) is 6.57. The Labute approximate surface area is 170 Å². The summed E-state index contributed by atoms with van der Waals surface area (Å²) in [7, 11) is 0. The van der Waals surface area contributed by atoms with Gasteiger partial charge < -0.3 is 9.47 Å². The van der Waals surface area contributed by atoms with Crippen LogP contribution in [0.25, 0.3) is 12.2 Å². The van der Waals surface area contributed by atoms with Gasteiger partial charge in [-0.1, -0.05) is 64.5 Å². The van der Waals surface area contributed by atoms with E-state index in [1.165, 1.54) is 38.5 Å².